The third-order valence-electron chi connectivity index (χ3n) is 2.73. The summed E-state index contributed by atoms with van der Waals surface area (Å²) in [5.74, 6) is 0.878. The molecule has 4 heteroatoms. The summed E-state index contributed by atoms with van der Waals surface area (Å²) in [5, 5.41) is 11.6. The maximum atomic E-state index is 8.77. The van der Waals surface area contributed by atoms with E-state index in [2.05, 4.69) is 17.1 Å². The summed E-state index contributed by atoms with van der Waals surface area (Å²) in [7, 11) is 0. The monoisotopic (exact) mass is 187 g/mol. The molecule has 0 spiro atoms. The minimum absolute atomic E-state index is 0.772. The fraction of sp³-hybridized carbons (Fsp3) is 1.00. The minimum Gasteiger partial charge on any atom is -0.366 e. The normalized spacial score (nSPS) is 26.5. The van der Waals surface area contributed by atoms with Crippen molar-refractivity contribution in [3.05, 3.63) is 0 Å². The Bertz CT molecular complexity index is 141. The first-order chi connectivity index (χ1) is 6.22. The SMILES string of the molecule is CCC1CCN(CCNC(N)O)C1. The van der Waals surface area contributed by atoms with Crippen LogP contribution < -0.4 is 11.1 Å². The molecule has 0 aromatic heterocycles. The number of nitrogens with two attached hydrogens (primary N) is 1. The number of aliphatic hydroxyl groups excluding tert-OH is 1. The molecule has 4 N–H and O–H groups in total. The third-order valence-corrected chi connectivity index (χ3v) is 2.73. The van der Waals surface area contributed by atoms with Gasteiger partial charge in [-0.05, 0) is 18.9 Å². The summed E-state index contributed by atoms with van der Waals surface area (Å²) in [6.45, 7) is 6.41. The Balaban J connectivity index is 2.03. The zero-order chi connectivity index (χ0) is 9.68. The number of likely N-dealkylation sites (tertiary alicyclic amines) is 1. The summed E-state index contributed by atoms with van der Waals surface area (Å²) >= 11 is 0. The molecule has 4 nitrogen and oxygen atoms in total. The molecule has 0 radical (unpaired) electrons. The molecule has 2 atom stereocenters. The van der Waals surface area contributed by atoms with Crippen molar-refractivity contribution in [2.24, 2.45) is 11.7 Å². The summed E-state index contributed by atoms with van der Waals surface area (Å²) in [6, 6.07) is 0. The van der Waals surface area contributed by atoms with Gasteiger partial charge in [-0.25, -0.2) is 0 Å². The van der Waals surface area contributed by atoms with Crippen molar-refractivity contribution in [3.8, 4) is 0 Å². The Labute approximate surface area is 80.1 Å². The van der Waals surface area contributed by atoms with Gasteiger partial charge in [0.05, 0.1) is 0 Å². The molecule has 0 bridgehead atoms. The van der Waals surface area contributed by atoms with Crippen LogP contribution in [0.5, 0.6) is 0 Å². The van der Waals surface area contributed by atoms with Crippen molar-refractivity contribution < 1.29 is 5.11 Å². The molecular weight excluding hydrogens is 166 g/mol. The average molecular weight is 187 g/mol. The smallest absolute Gasteiger partial charge is 0.157 e. The number of nitrogens with one attached hydrogen (secondary N) is 1. The van der Waals surface area contributed by atoms with Crippen molar-refractivity contribution in [3.63, 3.8) is 0 Å². The van der Waals surface area contributed by atoms with Crippen LogP contribution in [0.3, 0.4) is 0 Å². The van der Waals surface area contributed by atoms with E-state index in [0.29, 0.717) is 0 Å². The van der Waals surface area contributed by atoms with Crippen molar-refractivity contribution >= 4 is 0 Å². The Hall–Kier alpha value is -0.160. The summed E-state index contributed by atoms with van der Waals surface area (Å²) in [4.78, 5) is 2.42. The second-order valence-electron chi connectivity index (χ2n) is 3.76. The van der Waals surface area contributed by atoms with Gasteiger partial charge in [0.1, 0.15) is 0 Å². The van der Waals surface area contributed by atoms with Crippen LogP contribution in [-0.2, 0) is 0 Å². The van der Waals surface area contributed by atoms with Crippen LogP contribution in [-0.4, -0.2) is 42.5 Å². The van der Waals surface area contributed by atoms with Gasteiger partial charge in [0.25, 0.3) is 0 Å². The van der Waals surface area contributed by atoms with E-state index in [4.69, 9.17) is 10.8 Å². The molecule has 0 aromatic carbocycles. The maximum Gasteiger partial charge on any atom is 0.157 e. The van der Waals surface area contributed by atoms with E-state index in [0.717, 1.165) is 19.0 Å². The summed E-state index contributed by atoms with van der Waals surface area (Å²) < 4.78 is 0. The average Bonchev–Trinajstić information content (AvgIpc) is 2.52. The lowest BCUT2D eigenvalue weighted by Crippen LogP contribution is -2.41. The van der Waals surface area contributed by atoms with Crippen LogP contribution in [0.1, 0.15) is 19.8 Å². The van der Waals surface area contributed by atoms with Gasteiger partial charge in [-0.15, -0.1) is 0 Å². The van der Waals surface area contributed by atoms with Crippen molar-refractivity contribution in [2.75, 3.05) is 26.2 Å². The molecule has 13 heavy (non-hydrogen) atoms. The number of rotatable bonds is 5. The van der Waals surface area contributed by atoms with Gasteiger partial charge in [-0.3, -0.25) is 11.1 Å². The molecule has 0 aliphatic carbocycles. The lowest BCUT2D eigenvalue weighted by Gasteiger charge is -2.16. The number of hydrogen-bond acceptors (Lipinski definition) is 4. The number of nitrogens with zero attached hydrogens (tertiary/aromatic N) is 1. The Morgan fingerprint density at radius 3 is 3.00 bits per heavy atom. The van der Waals surface area contributed by atoms with Gasteiger partial charge >= 0.3 is 0 Å². The molecular formula is C9H21N3O. The lowest BCUT2D eigenvalue weighted by molar-refractivity contribution is 0.139. The van der Waals surface area contributed by atoms with E-state index in [1.807, 2.05) is 0 Å². The highest BCUT2D eigenvalue weighted by Gasteiger charge is 2.19. The predicted octanol–water partition coefficient (Wildman–Crippen LogP) is -0.457. The van der Waals surface area contributed by atoms with Crippen LogP contribution >= 0.6 is 0 Å². The van der Waals surface area contributed by atoms with Crippen molar-refractivity contribution in [1.82, 2.24) is 10.2 Å². The molecule has 2 unspecified atom stereocenters. The zero-order valence-corrected chi connectivity index (χ0v) is 8.37. The fourth-order valence-corrected chi connectivity index (χ4v) is 1.82. The van der Waals surface area contributed by atoms with Crippen LogP contribution in [0.4, 0.5) is 0 Å². The largest absolute Gasteiger partial charge is 0.366 e. The van der Waals surface area contributed by atoms with Gasteiger partial charge in [0.15, 0.2) is 6.35 Å². The van der Waals surface area contributed by atoms with Crippen LogP contribution in [0.25, 0.3) is 0 Å². The molecule has 0 amide bonds. The molecule has 0 aromatic rings. The molecule has 78 valence electrons. The van der Waals surface area contributed by atoms with Gasteiger partial charge in [0, 0.05) is 19.6 Å². The molecule has 1 heterocycles. The fourth-order valence-electron chi connectivity index (χ4n) is 1.82. The molecule has 1 saturated heterocycles. The lowest BCUT2D eigenvalue weighted by atomic mass is 10.1. The maximum absolute atomic E-state index is 8.77. The topological polar surface area (TPSA) is 61.5 Å². The van der Waals surface area contributed by atoms with Crippen LogP contribution in [0.15, 0.2) is 0 Å². The summed E-state index contributed by atoms with van der Waals surface area (Å²) in [6.07, 6.45) is 1.73. The van der Waals surface area contributed by atoms with Crippen molar-refractivity contribution in [2.45, 2.75) is 26.1 Å². The third kappa shape index (κ3) is 4.04. The number of hydrogen-bond donors (Lipinski definition) is 3. The van der Waals surface area contributed by atoms with Crippen LogP contribution in [0, 0.1) is 5.92 Å². The van der Waals surface area contributed by atoms with Gasteiger partial charge in [-0.2, -0.15) is 0 Å². The van der Waals surface area contributed by atoms with E-state index < -0.39 is 6.35 Å². The van der Waals surface area contributed by atoms with Crippen LogP contribution in [0.2, 0.25) is 0 Å². The van der Waals surface area contributed by atoms with Crippen molar-refractivity contribution in [1.29, 1.82) is 0 Å². The quantitative estimate of drug-likeness (QED) is 0.510. The first-order valence-corrected chi connectivity index (χ1v) is 5.11. The zero-order valence-electron chi connectivity index (χ0n) is 8.37. The Kier molecular flexibility index (Phi) is 4.66. The summed E-state index contributed by atoms with van der Waals surface area (Å²) in [5.41, 5.74) is 5.16. The molecule has 1 aliphatic heterocycles. The van der Waals surface area contributed by atoms with E-state index in [-0.39, 0.29) is 0 Å². The van der Waals surface area contributed by atoms with E-state index in [1.165, 1.54) is 25.9 Å². The minimum atomic E-state index is -0.871. The molecule has 1 aliphatic rings. The van der Waals surface area contributed by atoms with Gasteiger partial charge in [0.2, 0.25) is 0 Å². The molecule has 1 fully saturated rings. The predicted molar refractivity (Wildman–Crippen MR) is 53.0 cm³/mol. The van der Waals surface area contributed by atoms with E-state index in [1.54, 1.807) is 0 Å². The molecule has 1 rings (SSSR count). The standard InChI is InChI=1S/C9H21N3O/c1-2-8-3-5-12(7-8)6-4-11-9(10)13/h8-9,11,13H,2-7,10H2,1H3. The van der Waals surface area contributed by atoms with E-state index >= 15 is 0 Å². The van der Waals surface area contributed by atoms with E-state index in [9.17, 15) is 0 Å². The molecule has 0 saturated carbocycles. The second kappa shape index (κ2) is 5.54. The van der Waals surface area contributed by atoms with Gasteiger partial charge < -0.3 is 10.0 Å². The van der Waals surface area contributed by atoms with Gasteiger partial charge in [-0.1, -0.05) is 13.3 Å². The first-order valence-electron chi connectivity index (χ1n) is 5.11. The highest BCUT2D eigenvalue weighted by atomic mass is 16.3. The number of aliphatic hydroxyl groups is 1. The second-order valence-corrected chi connectivity index (χ2v) is 3.76. The highest BCUT2D eigenvalue weighted by molar-refractivity contribution is 4.74. The highest BCUT2D eigenvalue weighted by Crippen LogP contribution is 2.17. The first kappa shape index (κ1) is 10.9. The Morgan fingerprint density at radius 2 is 2.46 bits per heavy atom. The Morgan fingerprint density at radius 1 is 1.69 bits per heavy atom.